The topological polar surface area (TPSA) is 75.6 Å². The Hall–Kier alpha value is -1.10. The van der Waals surface area contributed by atoms with Gasteiger partial charge in [-0.2, -0.15) is 0 Å². The van der Waals surface area contributed by atoms with Crippen molar-refractivity contribution in [2.75, 3.05) is 6.61 Å². The summed E-state index contributed by atoms with van der Waals surface area (Å²) < 4.78 is 4.88. The first kappa shape index (κ1) is 24.9. The molecule has 0 aliphatic carbocycles. The molecule has 0 spiro atoms. The summed E-state index contributed by atoms with van der Waals surface area (Å²) in [7, 11) is 0. The summed E-state index contributed by atoms with van der Waals surface area (Å²) in [4.78, 5) is 22.3. The molecule has 0 fully saturated rings. The number of hydrogen-bond donors (Lipinski definition) is 2. The van der Waals surface area contributed by atoms with Crippen molar-refractivity contribution in [3.63, 3.8) is 0 Å². The number of amides is 1. The molecule has 5 heteroatoms. The Kier molecular flexibility index (Phi) is 17.9. The zero-order chi connectivity index (χ0) is 19.5. The van der Waals surface area contributed by atoms with Crippen LogP contribution in [0.4, 0.5) is 0 Å². The number of rotatable bonds is 19. The van der Waals surface area contributed by atoms with Crippen molar-refractivity contribution in [1.82, 2.24) is 5.32 Å². The van der Waals surface area contributed by atoms with E-state index >= 15 is 0 Å². The molecule has 26 heavy (non-hydrogen) atoms. The zero-order valence-corrected chi connectivity index (χ0v) is 17.0. The maximum Gasteiger partial charge on any atom is 0.331 e. The Labute approximate surface area is 160 Å². The molecule has 0 saturated heterocycles. The molecule has 0 bridgehead atoms. The molecule has 0 aromatic heterocycles. The first-order chi connectivity index (χ1) is 12.7. The first-order valence-electron chi connectivity index (χ1n) is 10.7. The fraction of sp³-hybridized carbons (Fsp3) is 0.905. The Morgan fingerprint density at radius 3 is 1.77 bits per heavy atom. The zero-order valence-electron chi connectivity index (χ0n) is 17.0. The molecule has 0 aliphatic heterocycles. The van der Waals surface area contributed by atoms with Crippen LogP contribution < -0.4 is 5.32 Å². The van der Waals surface area contributed by atoms with Crippen molar-refractivity contribution in [3.05, 3.63) is 0 Å². The number of ether oxygens (including phenoxy) is 1. The van der Waals surface area contributed by atoms with E-state index in [-0.39, 0.29) is 6.61 Å². The maximum absolute atomic E-state index is 11.7. The second kappa shape index (κ2) is 18.7. The Bertz CT molecular complexity index is 336. The van der Waals surface area contributed by atoms with Gasteiger partial charge in [0.2, 0.25) is 6.41 Å². The van der Waals surface area contributed by atoms with Crippen LogP contribution in [0.3, 0.4) is 0 Å². The fourth-order valence-corrected chi connectivity index (χ4v) is 3.18. The standard InChI is InChI=1S/C21H41NO4/c1-3-5-6-7-8-9-10-11-12-13-14-15-16-17-19(24)20(22-18-23)21(25)26-4-2/h18-20,24H,3-17H2,1-2H3,(H,22,23)/t19-,20-/m1/s1. The van der Waals surface area contributed by atoms with E-state index in [1.165, 1.54) is 64.2 Å². The minimum atomic E-state index is -0.954. The van der Waals surface area contributed by atoms with Crippen LogP contribution in [-0.4, -0.2) is 36.2 Å². The molecule has 154 valence electrons. The van der Waals surface area contributed by atoms with Crippen molar-refractivity contribution < 1.29 is 19.4 Å². The van der Waals surface area contributed by atoms with Crippen molar-refractivity contribution in [2.24, 2.45) is 0 Å². The number of carbonyl (C=O) groups excluding carboxylic acids is 2. The van der Waals surface area contributed by atoms with Gasteiger partial charge in [0.25, 0.3) is 0 Å². The molecule has 0 aromatic carbocycles. The summed E-state index contributed by atoms with van der Waals surface area (Å²) in [5, 5.41) is 12.5. The van der Waals surface area contributed by atoms with Gasteiger partial charge < -0.3 is 15.2 Å². The van der Waals surface area contributed by atoms with Crippen molar-refractivity contribution in [2.45, 2.75) is 116 Å². The predicted octanol–water partition coefficient (Wildman–Crippen LogP) is 4.51. The van der Waals surface area contributed by atoms with Crippen LogP contribution >= 0.6 is 0 Å². The molecule has 0 radical (unpaired) electrons. The summed E-state index contributed by atoms with van der Waals surface area (Å²) in [6.45, 7) is 4.19. The molecule has 0 unspecified atom stereocenters. The fourth-order valence-electron chi connectivity index (χ4n) is 3.18. The van der Waals surface area contributed by atoms with Crippen LogP contribution in [0.25, 0.3) is 0 Å². The molecule has 0 saturated carbocycles. The SMILES string of the molecule is CCCCCCCCCCCCCCC[C@@H](O)[C@@H](NC=O)C(=O)OCC. The molecule has 2 atom stereocenters. The quantitative estimate of drug-likeness (QED) is 0.199. The van der Waals surface area contributed by atoms with Crippen molar-refractivity contribution >= 4 is 12.4 Å². The van der Waals surface area contributed by atoms with E-state index in [4.69, 9.17) is 4.74 Å². The van der Waals surface area contributed by atoms with Gasteiger partial charge in [0.15, 0.2) is 6.04 Å². The van der Waals surface area contributed by atoms with Gasteiger partial charge >= 0.3 is 5.97 Å². The van der Waals surface area contributed by atoms with Crippen molar-refractivity contribution in [3.8, 4) is 0 Å². The molecule has 0 aromatic rings. The molecule has 2 N–H and O–H groups in total. The minimum absolute atomic E-state index is 0.237. The van der Waals surface area contributed by atoms with E-state index < -0.39 is 18.1 Å². The minimum Gasteiger partial charge on any atom is -0.464 e. The Balaban J connectivity index is 3.55. The van der Waals surface area contributed by atoms with Crippen LogP contribution in [0.5, 0.6) is 0 Å². The van der Waals surface area contributed by atoms with Gasteiger partial charge in [-0.1, -0.05) is 90.4 Å². The highest BCUT2D eigenvalue weighted by molar-refractivity contribution is 5.78. The van der Waals surface area contributed by atoms with Crippen LogP contribution in [0.2, 0.25) is 0 Å². The lowest BCUT2D eigenvalue weighted by molar-refractivity contribution is -0.149. The monoisotopic (exact) mass is 371 g/mol. The van der Waals surface area contributed by atoms with Crippen LogP contribution in [0, 0.1) is 0 Å². The van der Waals surface area contributed by atoms with Crippen molar-refractivity contribution in [1.29, 1.82) is 0 Å². The van der Waals surface area contributed by atoms with Gasteiger partial charge in [-0.3, -0.25) is 4.79 Å². The molecular weight excluding hydrogens is 330 g/mol. The van der Waals surface area contributed by atoms with Gasteiger partial charge in [0.05, 0.1) is 12.7 Å². The number of carbonyl (C=O) groups is 2. The van der Waals surface area contributed by atoms with Crippen LogP contribution in [0.1, 0.15) is 104 Å². The average Bonchev–Trinajstić information content (AvgIpc) is 2.63. The smallest absolute Gasteiger partial charge is 0.331 e. The third-order valence-electron chi connectivity index (χ3n) is 4.78. The number of unbranched alkanes of at least 4 members (excludes halogenated alkanes) is 12. The summed E-state index contributed by atoms with van der Waals surface area (Å²) in [6, 6.07) is -0.954. The number of aliphatic hydroxyl groups is 1. The number of hydrogen-bond acceptors (Lipinski definition) is 4. The molecular formula is C21H41NO4. The molecule has 0 rings (SSSR count). The summed E-state index contributed by atoms with van der Waals surface area (Å²) >= 11 is 0. The van der Waals surface area contributed by atoms with Gasteiger partial charge in [-0.25, -0.2) is 4.79 Å². The van der Waals surface area contributed by atoms with E-state index in [1.54, 1.807) is 6.92 Å². The van der Waals surface area contributed by atoms with Gasteiger partial charge in [-0.15, -0.1) is 0 Å². The van der Waals surface area contributed by atoms with E-state index in [0.29, 0.717) is 12.8 Å². The van der Waals surface area contributed by atoms with Gasteiger partial charge in [0, 0.05) is 0 Å². The Morgan fingerprint density at radius 1 is 0.885 bits per heavy atom. The summed E-state index contributed by atoms with van der Waals surface area (Å²) in [6.07, 6.45) is 16.5. The van der Waals surface area contributed by atoms with E-state index in [2.05, 4.69) is 12.2 Å². The highest BCUT2D eigenvalue weighted by Gasteiger charge is 2.27. The average molecular weight is 372 g/mol. The second-order valence-electron chi connectivity index (χ2n) is 7.11. The highest BCUT2D eigenvalue weighted by Crippen LogP contribution is 2.14. The van der Waals surface area contributed by atoms with Gasteiger partial charge in [0.1, 0.15) is 0 Å². The second-order valence-corrected chi connectivity index (χ2v) is 7.11. The normalized spacial score (nSPS) is 13.2. The first-order valence-corrected chi connectivity index (χ1v) is 10.7. The highest BCUT2D eigenvalue weighted by atomic mass is 16.5. The third-order valence-corrected chi connectivity index (χ3v) is 4.78. The van der Waals surface area contributed by atoms with E-state index in [0.717, 1.165) is 19.3 Å². The van der Waals surface area contributed by atoms with E-state index in [9.17, 15) is 14.7 Å². The lowest BCUT2D eigenvalue weighted by atomic mass is 10.0. The van der Waals surface area contributed by atoms with Gasteiger partial charge in [-0.05, 0) is 13.3 Å². The number of aliphatic hydroxyl groups excluding tert-OH is 1. The maximum atomic E-state index is 11.7. The molecule has 1 amide bonds. The Morgan fingerprint density at radius 2 is 1.35 bits per heavy atom. The largest absolute Gasteiger partial charge is 0.464 e. The predicted molar refractivity (Wildman–Crippen MR) is 106 cm³/mol. The van der Waals surface area contributed by atoms with E-state index in [1.807, 2.05) is 0 Å². The molecule has 0 aliphatic rings. The number of nitrogens with one attached hydrogen (secondary N) is 1. The lowest BCUT2D eigenvalue weighted by Crippen LogP contribution is -2.46. The molecule has 0 heterocycles. The molecule has 5 nitrogen and oxygen atoms in total. The third kappa shape index (κ3) is 14.1. The summed E-state index contributed by atoms with van der Waals surface area (Å²) in [5.74, 6) is -0.568. The van der Waals surface area contributed by atoms with Crippen LogP contribution in [0.15, 0.2) is 0 Å². The van der Waals surface area contributed by atoms with Crippen LogP contribution in [-0.2, 0) is 14.3 Å². The summed E-state index contributed by atoms with van der Waals surface area (Å²) in [5.41, 5.74) is 0. The number of esters is 1. The lowest BCUT2D eigenvalue weighted by Gasteiger charge is -2.20.